The molecule has 0 radical (unpaired) electrons. The first kappa shape index (κ1) is 23.3. The fourth-order valence-electron chi connectivity index (χ4n) is 3.47. The number of likely N-dealkylation sites (N-methyl/N-ethyl adjacent to an activating group) is 1. The highest BCUT2D eigenvalue weighted by Crippen LogP contribution is 2.26. The zero-order chi connectivity index (χ0) is 23.6. The molecule has 0 aliphatic carbocycles. The molecule has 0 saturated carbocycles. The van der Waals surface area contributed by atoms with E-state index in [0.29, 0.717) is 0 Å². The van der Waals surface area contributed by atoms with Crippen LogP contribution in [0.5, 0.6) is 5.88 Å². The zero-order valence-corrected chi connectivity index (χ0v) is 17.7. The van der Waals surface area contributed by atoms with Gasteiger partial charge in [0.2, 0.25) is 5.88 Å². The van der Waals surface area contributed by atoms with Crippen molar-refractivity contribution in [2.24, 2.45) is 11.5 Å². The maximum atomic E-state index is 12.7. The number of rotatable bonds is 6. The maximum absolute atomic E-state index is 12.7. The van der Waals surface area contributed by atoms with E-state index in [1.807, 2.05) is 0 Å². The number of hydrogen-bond acceptors (Lipinski definition) is 6. The van der Waals surface area contributed by atoms with Crippen LogP contribution in [0.2, 0.25) is 0 Å². The molecule has 0 fully saturated rings. The third kappa shape index (κ3) is 3.91. The van der Waals surface area contributed by atoms with Gasteiger partial charge in [0.15, 0.2) is 0 Å². The summed E-state index contributed by atoms with van der Waals surface area (Å²) < 4.78 is 1.000. The van der Waals surface area contributed by atoms with E-state index in [9.17, 15) is 29.1 Å². The van der Waals surface area contributed by atoms with Crippen LogP contribution >= 0.6 is 0 Å². The van der Waals surface area contributed by atoms with Crippen molar-refractivity contribution in [3.63, 3.8) is 0 Å². The van der Waals surface area contributed by atoms with Crippen molar-refractivity contribution in [3.8, 4) is 5.88 Å². The van der Waals surface area contributed by atoms with Gasteiger partial charge in [-0.15, -0.1) is 0 Å². The van der Waals surface area contributed by atoms with E-state index in [0.717, 1.165) is 9.47 Å². The number of nitrogens with two attached hydrogens (primary N) is 2. The number of imide groups is 1. The zero-order valence-electron chi connectivity index (χ0n) is 17.7. The number of primary amides is 2. The number of allylic oxidation sites excluding steroid dienone is 2. The van der Waals surface area contributed by atoms with Crippen molar-refractivity contribution in [2.45, 2.75) is 34.2 Å². The van der Waals surface area contributed by atoms with Crippen LogP contribution in [-0.4, -0.2) is 44.7 Å². The van der Waals surface area contributed by atoms with Gasteiger partial charge in [-0.1, -0.05) is 6.08 Å². The smallest absolute Gasteiger partial charge is 0.266 e. The quantitative estimate of drug-likeness (QED) is 0.330. The Morgan fingerprint density at radius 3 is 2.10 bits per heavy atom. The van der Waals surface area contributed by atoms with E-state index in [-0.39, 0.29) is 46.5 Å². The number of hydrogen-bond donors (Lipinski definition) is 3. The first-order chi connectivity index (χ1) is 14.5. The summed E-state index contributed by atoms with van der Waals surface area (Å²) in [5.41, 5.74) is 10.1. The number of aromatic hydroxyl groups is 1. The van der Waals surface area contributed by atoms with E-state index in [4.69, 9.17) is 11.5 Å². The molecule has 10 nitrogen and oxygen atoms in total. The number of nitrogens with zero attached hydrogens (tertiary/aromatic N) is 2. The molecule has 2 rings (SSSR count). The van der Waals surface area contributed by atoms with E-state index in [1.54, 1.807) is 13.8 Å². The highest BCUT2D eigenvalue weighted by atomic mass is 16.3. The van der Waals surface area contributed by atoms with Crippen molar-refractivity contribution in [2.75, 3.05) is 6.54 Å². The monoisotopic (exact) mass is 428 g/mol. The van der Waals surface area contributed by atoms with Crippen molar-refractivity contribution >= 4 is 29.7 Å². The molecule has 4 amide bonds. The van der Waals surface area contributed by atoms with Crippen molar-refractivity contribution < 1.29 is 24.3 Å². The topological polar surface area (TPSA) is 166 Å². The molecule has 164 valence electrons. The lowest BCUT2D eigenvalue weighted by atomic mass is 9.93. The Kier molecular flexibility index (Phi) is 6.64. The SMILES string of the molecule is CCN1C(=O)C(C(N)=O)=C(C)/C(=C\C=C\c2c(C)c(C(N)=O)c(O)n(CC)c2=O)C1=O. The van der Waals surface area contributed by atoms with Crippen LogP contribution in [0.1, 0.15) is 42.3 Å². The first-order valence-corrected chi connectivity index (χ1v) is 9.51. The molecule has 0 aromatic carbocycles. The molecule has 1 aliphatic heterocycles. The van der Waals surface area contributed by atoms with Gasteiger partial charge in [-0.05, 0) is 51.0 Å². The van der Waals surface area contributed by atoms with Crippen molar-refractivity contribution in [3.05, 3.63) is 55.9 Å². The molecule has 0 unspecified atom stereocenters. The number of carbonyl (C=O) groups excluding carboxylic acids is 4. The minimum absolute atomic E-state index is 0.0447. The van der Waals surface area contributed by atoms with Crippen LogP contribution in [-0.2, 0) is 20.9 Å². The standard InChI is InChI=1S/C21H24N4O6/c1-5-24-18(28)12(10(3)14(16(22)26)20(24)30)8-7-9-13-11(4)15(17(23)27)21(31)25(6-2)19(13)29/h7-9,30H,5-6H2,1-4H3,(H2,22,26)(H2,23,27)/b8-7+,13-9+. The second kappa shape index (κ2) is 8.82. The molecule has 1 aromatic heterocycles. The number of carbonyl (C=O) groups is 4. The Labute approximate surface area is 178 Å². The first-order valence-electron chi connectivity index (χ1n) is 9.51. The molecule has 0 atom stereocenters. The van der Waals surface area contributed by atoms with E-state index in [1.165, 1.54) is 32.1 Å². The lowest BCUT2D eigenvalue weighted by molar-refractivity contribution is -0.141. The Balaban J connectivity index is 2.68. The van der Waals surface area contributed by atoms with Crippen LogP contribution < -0.4 is 17.0 Å². The fourth-order valence-corrected chi connectivity index (χ4v) is 3.47. The average Bonchev–Trinajstić information content (AvgIpc) is 2.66. The molecule has 0 spiro atoms. The van der Waals surface area contributed by atoms with Gasteiger partial charge < -0.3 is 16.6 Å². The van der Waals surface area contributed by atoms with E-state index < -0.39 is 35.1 Å². The van der Waals surface area contributed by atoms with Gasteiger partial charge in [0, 0.05) is 24.2 Å². The minimum atomic E-state index is -0.949. The highest BCUT2D eigenvalue weighted by Gasteiger charge is 2.36. The van der Waals surface area contributed by atoms with Crippen LogP contribution in [0.4, 0.5) is 0 Å². The van der Waals surface area contributed by atoms with Crippen molar-refractivity contribution in [1.29, 1.82) is 0 Å². The van der Waals surface area contributed by atoms with Gasteiger partial charge in [0.05, 0.1) is 0 Å². The van der Waals surface area contributed by atoms with Crippen LogP contribution in [0.15, 0.2) is 33.7 Å². The second-order valence-electron chi connectivity index (χ2n) is 6.81. The van der Waals surface area contributed by atoms with Crippen LogP contribution in [0.25, 0.3) is 6.08 Å². The van der Waals surface area contributed by atoms with Crippen LogP contribution in [0, 0.1) is 6.92 Å². The summed E-state index contributed by atoms with van der Waals surface area (Å²) in [7, 11) is 0. The van der Waals surface area contributed by atoms with Gasteiger partial charge in [-0.2, -0.15) is 0 Å². The largest absolute Gasteiger partial charge is 0.494 e. The molecule has 5 N–H and O–H groups in total. The summed E-state index contributed by atoms with van der Waals surface area (Å²) in [6.45, 7) is 6.25. The summed E-state index contributed by atoms with van der Waals surface area (Å²) in [6, 6.07) is 0. The number of aromatic nitrogens is 1. The molecule has 10 heteroatoms. The summed E-state index contributed by atoms with van der Waals surface area (Å²) >= 11 is 0. The van der Waals surface area contributed by atoms with Crippen LogP contribution in [0.3, 0.4) is 0 Å². The molecule has 1 aliphatic rings. The molecule has 0 saturated heterocycles. The second-order valence-corrected chi connectivity index (χ2v) is 6.81. The Bertz CT molecular complexity index is 1150. The van der Waals surface area contributed by atoms with Gasteiger partial charge >= 0.3 is 0 Å². The van der Waals surface area contributed by atoms with Gasteiger partial charge in [0.1, 0.15) is 11.1 Å². The van der Waals surface area contributed by atoms with Gasteiger partial charge in [0.25, 0.3) is 29.2 Å². The third-order valence-corrected chi connectivity index (χ3v) is 5.10. The lowest BCUT2D eigenvalue weighted by Gasteiger charge is -2.27. The summed E-state index contributed by atoms with van der Waals surface area (Å²) in [5, 5.41) is 10.2. The normalized spacial score (nSPS) is 16.0. The lowest BCUT2D eigenvalue weighted by Crippen LogP contribution is -2.45. The predicted molar refractivity (Wildman–Crippen MR) is 113 cm³/mol. The summed E-state index contributed by atoms with van der Waals surface area (Å²) in [6.07, 6.45) is 4.09. The Morgan fingerprint density at radius 2 is 1.61 bits per heavy atom. The highest BCUT2D eigenvalue weighted by molar-refractivity contribution is 6.27. The van der Waals surface area contributed by atoms with E-state index in [2.05, 4.69) is 0 Å². The summed E-state index contributed by atoms with van der Waals surface area (Å²) in [4.78, 5) is 62.1. The molecule has 31 heavy (non-hydrogen) atoms. The molecule has 2 heterocycles. The molecule has 1 aromatic rings. The predicted octanol–water partition coefficient (Wildman–Crippen LogP) is 0.111. The Morgan fingerprint density at radius 1 is 1.00 bits per heavy atom. The third-order valence-electron chi connectivity index (χ3n) is 5.10. The molecular formula is C21H24N4O6. The van der Waals surface area contributed by atoms with Gasteiger partial charge in [-0.25, -0.2) is 0 Å². The Hall–Kier alpha value is -3.95. The fraction of sp³-hybridized carbons (Fsp3) is 0.286. The van der Waals surface area contributed by atoms with Gasteiger partial charge in [-0.3, -0.25) is 33.4 Å². The number of amides is 4. The molecule has 0 bridgehead atoms. The average molecular weight is 428 g/mol. The van der Waals surface area contributed by atoms with E-state index >= 15 is 0 Å². The summed E-state index contributed by atoms with van der Waals surface area (Å²) in [5.74, 6) is -3.72. The number of pyridine rings is 1. The minimum Gasteiger partial charge on any atom is -0.494 e. The van der Waals surface area contributed by atoms with Crippen molar-refractivity contribution in [1.82, 2.24) is 9.47 Å². The maximum Gasteiger partial charge on any atom is 0.266 e. The molecular weight excluding hydrogens is 404 g/mol.